The molecule has 28 heavy (non-hydrogen) atoms. The molecule has 0 aliphatic carbocycles. The predicted octanol–water partition coefficient (Wildman–Crippen LogP) is 6.80. The molecule has 3 rings (SSSR count). The lowest BCUT2D eigenvalue weighted by atomic mass is 10.1. The highest BCUT2D eigenvalue weighted by molar-refractivity contribution is 7.98. The molecule has 0 radical (unpaired) electrons. The first kappa shape index (κ1) is 20.5. The zero-order valence-corrected chi connectivity index (χ0v) is 16.4. The largest absolute Gasteiger partial charge is 0.439 e. The van der Waals surface area contributed by atoms with Gasteiger partial charge in [-0.05, 0) is 42.3 Å². The molecule has 3 nitrogen and oxygen atoms in total. The van der Waals surface area contributed by atoms with Crippen LogP contribution in [0.4, 0.5) is 13.2 Å². The van der Waals surface area contributed by atoms with E-state index in [1.165, 1.54) is 17.8 Å². The average molecular weight is 425 g/mol. The van der Waals surface area contributed by atoms with Crippen LogP contribution < -0.4 is 4.74 Å². The Morgan fingerprint density at radius 2 is 1.79 bits per heavy atom. The molecule has 0 saturated heterocycles. The van der Waals surface area contributed by atoms with Crippen molar-refractivity contribution in [3.63, 3.8) is 0 Å². The molecule has 0 unspecified atom stereocenters. The van der Waals surface area contributed by atoms with E-state index in [9.17, 15) is 13.2 Å². The monoisotopic (exact) mass is 424 g/mol. The Morgan fingerprint density at radius 1 is 1.04 bits per heavy atom. The maximum Gasteiger partial charge on any atom is 0.416 e. The molecule has 0 N–H and O–H groups in total. The van der Waals surface area contributed by atoms with Crippen LogP contribution in [0.3, 0.4) is 0 Å². The number of rotatable bonds is 6. The minimum Gasteiger partial charge on any atom is -0.439 e. The second-order valence-corrected chi connectivity index (χ2v) is 7.26. The van der Waals surface area contributed by atoms with Gasteiger partial charge in [0, 0.05) is 22.5 Å². The molecule has 0 aliphatic rings. The van der Waals surface area contributed by atoms with Gasteiger partial charge >= 0.3 is 6.18 Å². The molecule has 0 spiro atoms. The Bertz CT molecular complexity index is 949. The van der Waals surface area contributed by atoms with Gasteiger partial charge in [0.2, 0.25) is 5.88 Å². The van der Waals surface area contributed by atoms with Crippen LogP contribution in [0.15, 0.2) is 59.8 Å². The lowest BCUT2D eigenvalue weighted by Crippen LogP contribution is -2.05. The molecule has 3 aromatic rings. The highest BCUT2D eigenvalue weighted by Crippen LogP contribution is 2.31. The van der Waals surface area contributed by atoms with Crippen molar-refractivity contribution in [2.45, 2.75) is 30.4 Å². The van der Waals surface area contributed by atoms with Crippen molar-refractivity contribution in [1.82, 2.24) is 9.97 Å². The van der Waals surface area contributed by atoms with Crippen molar-refractivity contribution in [1.29, 1.82) is 0 Å². The molecule has 0 amide bonds. The zero-order valence-electron chi connectivity index (χ0n) is 14.8. The number of thioether (sulfide) groups is 1. The number of hydrogen-bond acceptors (Lipinski definition) is 4. The predicted molar refractivity (Wildman–Crippen MR) is 104 cm³/mol. The van der Waals surface area contributed by atoms with Crippen LogP contribution in [-0.2, 0) is 18.3 Å². The van der Waals surface area contributed by atoms with E-state index >= 15 is 0 Å². The summed E-state index contributed by atoms with van der Waals surface area (Å²) in [6, 6.07) is 13.9. The average Bonchev–Trinajstić information content (AvgIpc) is 2.67. The van der Waals surface area contributed by atoms with E-state index in [2.05, 4.69) is 9.97 Å². The Morgan fingerprint density at radius 3 is 2.46 bits per heavy atom. The fourth-order valence-corrected chi connectivity index (χ4v) is 3.29. The second kappa shape index (κ2) is 8.84. The van der Waals surface area contributed by atoms with Crippen LogP contribution in [0, 0.1) is 0 Å². The molecule has 0 aliphatic heterocycles. The number of benzene rings is 2. The van der Waals surface area contributed by atoms with Gasteiger partial charge in [-0.25, -0.2) is 4.98 Å². The molecule has 1 heterocycles. The van der Waals surface area contributed by atoms with Crippen molar-refractivity contribution >= 4 is 23.4 Å². The van der Waals surface area contributed by atoms with Gasteiger partial charge in [0.05, 0.1) is 5.56 Å². The summed E-state index contributed by atoms with van der Waals surface area (Å²) >= 11 is 7.13. The van der Waals surface area contributed by atoms with Crippen LogP contribution in [-0.4, -0.2) is 9.97 Å². The van der Waals surface area contributed by atoms with Crippen LogP contribution in [0.2, 0.25) is 5.02 Å². The first-order valence-corrected chi connectivity index (χ1v) is 9.80. The van der Waals surface area contributed by atoms with Gasteiger partial charge in [-0.1, -0.05) is 48.5 Å². The number of aromatic nitrogens is 2. The first-order chi connectivity index (χ1) is 13.3. The molecule has 0 saturated carbocycles. The molecule has 2 aromatic carbocycles. The molecule has 146 valence electrons. The number of hydrogen-bond donors (Lipinski definition) is 0. The van der Waals surface area contributed by atoms with E-state index in [4.69, 9.17) is 16.3 Å². The van der Waals surface area contributed by atoms with Crippen molar-refractivity contribution < 1.29 is 17.9 Å². The van der Waals surface area contributed by atoms with E-state index < -0.39 is 11.7 Å². The molecule has 1 aromatic heterocycles. The van der Waals surface area contributed by atoms with Gasteiger partial charge in [0.1, 0.15) is 5.75 Å². The highest BCUT2D eigenvalue weighted by atomic mass is 35.5. The Kier molecular flexibility index (Phi) is 6.46. The van der Waals surface area contributed by atoms with Gasteiger partial charge in [-0.2, -0.15) is 18.2 Å². The first-order valence-electron chi connectivity index (χ1n) is 8.44. The second-order valence-electron chi connectivity index (χ2n) is 5.88. The SMILES string of the molecule is CCc1cc(Oc2ccc(Cl)cc2)nc(SCc2cccc(C(F)(F)F)c2)n1. The zero-order chi connectivity index (χ0) is 20.1. The highest BCUT2D eigenvalue weighted by Gasteiger charge is 2.30. The summed E-state index contributed by atoms with van der Waals surface area (Å²) in [6.45, 7) is 1.95. The Balaban J connectivity index is 1.76. The fourth-order valence-electron chi connectivity index (χ4n) is 2.36. The third-order valence-electron chi connectivity index (χ3n) is 3.76. The lowest BCUT2D eigenvalue weighted by Gasteiger charge is -2.10. The Labute approximate surface area is 169 Å². The van der Waals surface area contributed by atoms with Gasteiger partial charge in [0.25, 0.3) is 0 Å². The summed E-state index contributed by atoms with van der Waals surface area (Å²) in [7, 11) is 0. The van der Waals surface area contributed by atoms with E-state index in [1.54, 1.807) is 36.4 Å². The quantitative estimate of drug-likeness (QED) is 0.322. The molecular weight excluding hydrogens is 409 g/mol. The molecule has 8 heteroatoms. The lowest BCUT2D eigenvalue weighted by molar-refractivity contribution is -0.137. The summed E-state index contributed by atoms with van der Waals surface area (Å²) in [5.41, 5.74) is 0.664. The third kappa shape index (κ3) is 5.62. The minimum atomic E-state index is -4.36. The van der Waals surface area contributed by atoms with E-state index in [0.717, 1.165) is 17.8 Å². The van der Waals surface area contributed by atoms with Crippen LogP contribution in [0.25, 0.3) is 0 Å². The molecule has 0 bridgehead atoms. The Hall–Kier alpha value is -2.25. The van der Waals surface area contributed by atoms with Crippen molar-refractivity contribution in [3.05, 3.63) is 76.4 Å². The fraction of sp³-hybridized carbons (Fsp3) is 0.200. The summed E-state index contributed by atoms with van der Waals surface area (Å²) in [5.74, 6) is 1.27. The number of ether oxygens (including phenoxy) is 1. The standard InChI is InChI=1S/C20H16ClF3N2OS/c1-2-16-11-18(27-17-8-6-15(21)7-9-17)26-19(25-16)28-12-13-4-3-5-14(10-13)20(22,23)24/h3-11H,2,12H2,1H3. The smallest absolute Gasteiger partial charge is 0.416 e. The van der Waals surface area contributed by atoms with Gasteiger partial charge in [-0.3, -0.25) is 0 Å². The number of alkyl halides is 3. The van der Waals surface area contributed by atoms with Crippen LogP contribution in [0.5, 0.6) is 11.6 Å². The summed E-state index contributed by atoms with van der Waals surface area (Å²) < 4.78 is 44.3. The number of halogens is 4. The third-order valence-corrected chi connectivity index (χ3v) is 4.93. The maximum absolute atomic E-state index is 12.9. The summed E-state index contributed by atoms with van der Waals surface area (Å²) in [4.78, 5) is 8.78. The van der Waals surface area contributed by atoms with Crippen molar-refractivity contribution in [2.75, 3.05) is 0 Å². The van der Waals surface area contributed by atoms with Gasteiger partial charge in [-0.15, -0.1) is 0 Å². The van der Waals surface area contributed by atoms with E-state index in [-0.39, 0.29) is 0 Å². The van der Waals surface area contributed by atoms with Crippen molar-refractivity contribution in [3.8, 4) is 11.6 Å². The number of nitrogens with zero attached hydrogens (tertiary/aromatic N) is 2. The van der Waals surface area contributed by atoms with Crippen LogP contribution in [0.1, 0.15) is 23.7 Å². The molecule has 0 fully saturated rings. The van der Waals surface area contributed by atoms with E-state index in [1.807, 2.05) is 6.92 Å². The van der Waals surface area contributed by atoms with Gasteiger partial charge < -0.3 is 4.74 Å². The summed E-state index contributed by atoms with van der Waals surface area (Å²) in [6.07, 6.45) is -3.69. The number of aryl methyl sites for hydroxylation is 1. The van der Waals surface area contributed by atoms with Gasteiger partial charge in [0.15, 0.2) is 5.16 Å². The molecule has 0 atom stereocenters. The van der Waals surface area contributed by atoms with Crippen molar-refractivity contribution in [2.24, 2.45) is 0 Å². The van der Waals surface area contributed by atoms with Crippen LogP contribution >= 0.6 is 23.4 Å². The van der Waals surface area contributed by atoms with E-state index in [0.29, 0.717) is 39.5 Å². The molecular formula is C20H16ClF3N2OS. The topological polar surface area (TPSA) is 35.0 Å². The minimum absolute atomic E-state index is 0.317. The maximum atomic E-state index is 12.9. The summed E-state index contributed by atoms with van der Waals surface area (Å²) in [5, 5.41) is 1.04. The normalized spacial score (nSPS) is 11.5.